The molecule has 0 bridgehead atoms. The van der Waals surface area contributed by atoms with Crippen LogP contribution in [0.15, 0.2) is 97.5 Å². The molecule has 1 amide bonds. The van der Waals surface area contributed by atoms with E-state index in [4.69, 9.17) is 9.47 Å². The van der Waals surface area contributed by atoms with Crippen LogP contribution in [0.3, 0.4) is 0 Å². The summed E-state index contributed by atoms with van der Waals surface area (Å²) in [5.74, 6) is 0.386. The first-order valence-corrected chi connectivity index (χ1v) is 10.6. The lowest BCUT2D eigenvalue weighted by atomic mass is 10.2. The summed E-state index contributed by atoms with van der Waals surface area (Å²) in [7, 11) is 0. The lowest BCUT2D eigenvalue weighted by Crippen LogP contribution is -2.20. The zero-order chi connectivity index (χ0) is 23.6. The molecule has 2 aromatic heterocycles. The molecule has 0 saturated carbocycles. The maximum absolute atomic E-state index is 14.3. The lowest BCUT2D eigenvalue weighted by Gasteiger charge is -2.08. The fraction of sp³-hybridized carbons (Fsp3) is 0.0741. The Labute approximate surface area is 196 Å². The van der Waals surface area contributed by atoms with Gasteiger partial charge in [0.15, 0.2) is 11.6 Å². The van der Waals surface area contributed by atoms with Crippen molar-refractivity contribution in [2.45, 2.75) is 13.2 Å². The minimum absolute atomic E-state index is 0.0831. The van der Waals surface area contributed by atoms with Gasteiger partial charge in [0.25, 0.3) is 0 Å². The highest BCUT2D eigenvalue weighted by Crippen LogP contribution is 2.24. The number of benzene rings is 2. The molecule has 2 heterocycles. The number of hydrogen-bond donors (Lipinski definition) is 1. The summed E-state index contributed by atoms with van der Waals surface area (Å²) in [6.07, 6.45) is 7.73. The second-order valence-electron chi connectivity index (χ2n) is 7.29. The summed E-state index contributed by atoms with van der Waals surface area (Å²) in [6, 6.07) is 21.0. The SMILES string of the molecule is O=C(/C=C/c1ccc(Oc2cccnc2)c(F)c1)NCc1cccc(OCc2ccccn2)c1. The molecular formula is C27H22FN3O3. The molecule has 4 rings (SSSR count). The minimum atomic E-state index is -0.533. The Morgan fingerprint density at radius 2 is 1.88 bits per heavy atom. The summed E-state index contributed by atoms with van der Waals surface area (Å²) < 4.78 is 25.6. The quantitative estimate of drug-likeness (QED) is 0.346. The fourth-order valence-electron chi connectivity index (χ4n) is 3.04. The number of carbonyl (C=O) groups excluding carboxylic acids is 1. The molecule has 0 aliphatic rings. The number of carbonyl (C=O) groups is 1. The third-order valence-corrected chi connectivity index (χ3v) is 4.72. The first-order valence-electron chi connectivity index (χ1n) is 10.6. The van der Waals surface area contributed by atoms with E-state index >= 15 is 0 Å². The van der Waals surface area contributed by atoms with Gasteiger partial charge in [0.1, 0.15) is 18.1 Å². The average Bonchev–Trinajstić information content (AvgIpc) is 2.88. The van der Waals surface area contributed by atoms with E-state index in [1.807, 2.05) is 42.5 Å². The van der Waals surface area contributed by atoms with Crippen molar-refractivity contribution in [3.05, 3.63) is 120 Å². The highest BCUT2D eigenvalue weighted by Gasteiger charge is 2.06. The largest absolute Gasteiger partial charge is 0.487 e. The van der Waals surface area contributed by atoms with Gasteiger partial charge >= 0.3 is 0 Å². The number of hydrogen-bond acceptors (Lipinski definition) is 5. The van der Waals surface area contributed by atoms with Gasteiger partial charge in [-0.15, -0.1) is 0 Å². The van der Waals surface area contributed by atoms with Crippen LogP contribution < -0.4 is 14.8 Å². The van der Waals surface area contributed by atoms with Crippen LogP contribution in [0, 0.1) is 5.82 Å². The number of halogens is 1. The van der Waals surface area contributed by atoms with E-state index in [1.165, 1.54) is 24.4 Å². The van der Waals surface area contributed by atoms with Gasteiger partial charge in [-0.3, -0.25) is 14.8 Å². The Morgan fingerprint density at radius 3 is 2.68 bits per heavy atom. The van der Waals surface area contributed by atoms with Gasteiger partial charge in [-0.25, -0.2) is 4.39 Å². The molecule has 170 valence electrons. The van der Waals surface area contributed by atoms with Crippen LogP contribution in [-0.4, -0.2) is 15.9 Å². The van der Waals surface area contributed by atoms with Crippen molar-refractivity contribution in [2.75, 3.05) is 0 Å². The van der Waals surface area contributed by atoms with Crippen LogP contribution in [0.2, 0.25) is 0 Å². The number of amides is 1. The van der Waals surface area contributed by atoms with Crippen molar-refractivity contribution in [3.63, 3.8) is 0 Å². The molecule has 34 heavy (non-hydrogen) atoms. The molecule has 0 aliphatic carbocycles. The molecule has 0 aliphatic heterocycles. The summed E-state index contributed by atoms with van der Waals surface area (Å²) in [6.45, 7) is 0.693. The Balaban J connectivity index is 1.28. The number of ether oxygens (including phenoxy) is 2. The van der Waals surface area contributed by atoms with Gasteiger partial charge in [-0.1, -0.05) is 24.3 Å². The highest BCUT2D eigenvalue weighted by atomic mass is 19.1. The van der Waals surface area contributed by atoms with Crippen LogP contribution in [0.4, 0.5) is 4.39 Å². The van der Waals surface area contributed by atoms with Crippen molar-refractivity contribution >= 4 is 12.0 Å². The van der Waals surface area contributed by atoms with E-state index in [0.29, 0.717) is 30.2 Å². The number of pyridine rings is 2. The highest BCUT2D eigenvalue weighted by molar-refractivity contribution is 5.91. The van der Waals surface area contributed by atoms with Crippen molar-refractivity contribution in [2.24, 2.45) is 0 Å². The van der Waals surface area contributed by atoms with Crippen molar-refractivity contribution in [3.8, 4) is 17.2 Å². The van der Waals surface area contributed by atoms with Gasteiger partial charge in [0, 0.05) is 25.0 Å². The van der Waals surface area contributed by atoms with Crippen molar-refractivity contribution < 1.29 is 18.7 Å². The maximum atomic E-state index is 14.3. The van der Waals surface area contributed by atoms with Gasteiger partial charge in [-0.2, -0.15) is 0 Å². The molecule has 0 radical (unpaired) electrons. The number of nitrogens with zero attached hydrogens (tertiary/aromatic N) is 2. The molecular weight excluding hydrogens is 433 g/mol. The summed E-state index contributed by atoms with van der Waals surface area (Å²) in [4.78, 5) is 20.4. The molecule has 4 aromatic rings. The molecule has 2 aromatic carbocycles. The van der Waals surface area contributed by atoms with Crippen LogP contribution in [0.25, 0.3) is 6.08 Å². The maximum Gasteiger partial charge on any atom is 0.244 e. The van der Waals surface area contributed by atoms with Gasteiger partial charge in [0.05, 0.1) is 11.9 Å². The van der Waals surface area contributed by atoms with E-state index in [0.717, 1.165) is 11.3 Å². The fourth-order valence-corrected chi connectivity index (χ4v) is 3.04. The van der Waals surface area contributed by atoms with E-state index in [-0.39, 0.29) is 11.7 Å². The molecule has 6 nitrogen and oxygen atoms in total. The Kier molecular flexibility index (Phi) is 7.58. The third kappa shape index (κ3) is 6.74. The van der Waals surface area contributed by atoms with Crippen molar-refractivity contribution in [1.82, 2.24) is 15.3 Å². The normalized spacial score (nSPS) is 10.7. The van der Waals surface area contributed by atoms with Crippen molar-refractivity contribution in [1.29, 1.82) is 0 Å². The van der Waals surface area contributed by atoms with Gasteiger partial charge < -0.3 is 14.8 Å². The first-order chi connectivity index (χ1) is 16.7. The van der Waals surface area contributed by atoms with Crippen LogP contribution in [0.1, 0.15) is 16.8 Å². The Morgan fingerprint density at radius 1 is 0.971 bits per heavy atom. The smallest absolute Gasteiger partial charge is 0.244 e. The van der Waals surface area contributed by atoms with Crippen LogP contribution >= 0.6 is 0 Å². The number of nitrogens with one attached hydrogen (secondary N) is 1. The molecule has 1 N–H and O–H groups in total. The Hall–Kier alpha value is -4.52. The summed E-state index contributed by atoms with van der Waals surface area (Å²) in [5, 5.41) is 2.81. The standard InChI is InChI=1S/C27H22FN3O3/c28-25-16-20(9-11-26(25)34-24-8-4-13-29-18-24)10-12-27(32)31-17-21-5-3-7-23(15-21)33-19-22-6-1-2-14-30-22/h1-16,18H,17,19H2,(H,31,32)/b12-10+. The topological polar surface area (TPSA) is 73.3 Å². The number of rotatable bonds is 9. The lowest BCUT2D eigenvalue weighted by molar-refractivity contribution is -0.116. The molecule has 7 heteroatoms. The zero-order valence-electron chi connectivity index (χ0n) is 18.2. The molecule has 0 saturated heterocycles. The predicted octanol–water partition coefficient (Wildman–Crippen LogP) is 5.32. The van der Waals surface area contributed by atoms with Gasteiger partial charge in [-0.05, 0) is 65.7 Å². The van der Waals surface area contributed by atoms with Gasteiger partial charge in [0.2, 0.25) is 5.91 Å². The molecule has 0 fully saturated rings. The second-order valence-corrected chi connectivity index (χ2v) is 7.29. The molecule has 0 unspecified atom stereocenters. The molecule has 0 atom stereocenters. The average molecular weight is 455 g/mol. The first kappa shape index (κ1) is 22.7. The minimum Gasteiger partial charge on any atom is -0.487 e. The summed E-state index contributed by atoms with van der Waals surface area (Å²) in [5.41, 5.74) is 2.26. The van der Waals surface area contributed by atoms with E-state index in [2.05, 4.69) is 15.3 Å². The Bertz CT molecular complexity index is 1260. The zero-order valence-corrected chi connectivity index (χ0v) is 18.2. The molecule has 0 spiro atoms. The van der Waals surface area contributed by atoms with E-state index < -0.39 is 5.82 Å². The number of aromatic nitrogens is 2. The third-order valence-electron chi connectivity index (χ3n) is 4.72. The van der Waals surface area contributed by atoms with Crippen LogP contribution in [0.5, 0.6) is 17.2 Å². The predicted molar refractivity (Wildman–Crippen MR) is 127 cm³/mol. The van der Waals surface area contributed by atoms with E-state index in [9.17, 15) is 9.18 Å². The van der Waals surface area contributed by atoms with E-state index in [1.54, 1.807) is 36.7 Å². The van der Waals surface area contributed by atoms with Crippen LogP contribution in [-0.2, 0) is 17.9 Å². The second kappa shape index (κ2) is 11.4. The monoisotopic (exact) mass is 455 g/mol. The summed E-state index contributed by atoms with van der Waals surface area (Å²) >= 11 is 0.